The third kappa shape index (κ3) is 2.82. The monoisotopic (exact) mass is 269 g/mol. The Kier molecular flexibility index (Phi) is 4.26. The van der Waals surface area contributed by atoms with Gasteiger partial charge in [0, 0.05) is 17.3 Å². The molecule has 0 radical (unpaired) electrons. The van der Waals surface area contributed by atoms with Crippen LogP contribution in [0.25, 0.3) is 0 Å². The summed E-state index contributed by atoms with van der Waals surface area (Å²) < 4.78 is 11.4. The summed E-state index contributed by atoms with van der Waals surface area (Å²) in [7, 11) is 0. The predicted molar refractivity (Wildman–Crippen MR) is 71.4 cm³/mol. The van der Waals surface area contributed by atoms with Gasteiger partial charge in [0.25, 0.3) is 5.54 Å². The summed E-state index contributed by atoms with van der Waals surface area (Å²) in [5.74, 6) is 0.810. The van der Waals surface area contributed by atoms with Gasteiger partial charge in [-0.2, -0.15) is 0 Å². The Hall–Kier alpha value is -0.940. The van der Waals surface area contributed by atoms with Crippen LogP contribution in [0.2, 0.25) is 0 Å². The Morgan fingerprint density at radius 3 is 2.58 bits per heavy atom. The zero-order valence-corrected chi connectivity index (χ0v) is 11.9. The maximum atomic E-state index is 11.1. The van der Waals surface area contributed by atoms with E-state index in [2.05, 4.69) is 19.9 Å². The van der Waals surface area contributed by atoms with E-state index < -0.39 is 5.54 Å². The van der Waals surface area contributed by atoms with Crippen LogP contribution in [0, 0.1) is 22.0 Å². The summed E-state index contributed by atoms with van der Waals surface area (Å²) in [4.78, 5) is 10.9. The maximum Gasteiger partial charge on any atom is 0.267 e. The minimum absolute atomic E-state index is 0.160. The highest BCUT2D eigenvalue weighted by atomic mass is 16.7. The number of hydrogen-bond acceptors (Lipinski definition) is 4. The third-order valence-corrected chi connectivity index (χ3v) is 4.54. The van der Waals surface area contributed by atoms with E-state index in [0.29, 0.717) is 18.3 Å². The molecule has 2 atom stereocenters. The first-order valence-corrected chi connectivity index (χ1v) is 7.02. The Morgan fingerprint density at radius 2 is 2.11 bits per heavy atom. The molecule has 0 aromatic heterocycles. The summed E-state index contributed by atoms with van der Waals surface area (Å²) in [6.45, 7) is 6.47. The second-order valence-corrected chi connectivity index (χ2v) is 5.96. The summed E-state index contributed by atoms with van der Waals surface area (Å²) in [6, 6.07) is 0. The van der Waals surface area contributed by atoms with E-state index in [4.69, 9.17) is 9.47 Å². The SMILES string of the molecule is CCC1([N+](=O)[O-])COC(C2CC=C(C)CC2C)OC1. The third-order valence-electron chi connectivity index (χ3n) is 4.54. The van der Waals surface area contributed by atoms with Crippen LogP contribution < -0.4 is 0 Å². The molecule has 1 heterocycles. The van der Waals surface area contributed by atoms with E-state index in [1.807, 2.05) is 6.92 Å². The van der Waals surface area contributed by atoms with Crippen LogP contribution >= 0.6 is 0 Å². The molecule has 1 fully saturated rings. The molecular weight excluding hydrogens is 246 g/mol. The number of ether oxygens (including phenoxy) is 2. The molecule has 0 amide bonds. The summed E-state index contributed by atoms with van der Waals surface area (Å²) in [5.41, 5.74) is 0.355. The Bertz CT molecular complexity index is 372. The lowest BCUT2D eigenvalue weighted by Gasteiger charge is -2.39. The molecule has 0 saturated carbocycles. The van der Waals surface area contributed by atoms with Gasteiger partial charge in [-0.15, -0.1) is 0 Å². The number of rotatable bonds is 3. The molecule has 1 aliphatic carbocycles. The highest BCUT2D eigenvalue weighted by Gasteiger charge is 2.48. The fourth-order valence-corrected chi connectivity index (χ4v) is 2.94. The van der Waals surface area contributed by atoms with E-state index in [0.717, 1.165) is 12.8 Å². The lowest BCUT2D eigenvalue weighted by atomic mass is 9.80. The van der Waals surface area contributed by atoms with Gasteiger partial charge in [0.15, 0.2) is 6.29 Å². The molecule has 2 unspecified atom stereocenters. The maximum absolute atomic E-state index is 11.1. The van der Waals surface area contributed by atoms with Crippen LogP contribution in [0.3, 0.4) is 0 Å². The van der Waals surface area contributed by atoms with Gasteiger partial charge < -0.3 is 9.47 Å². The van der Waals surface area contributed by atoms with Crippen LogP contribution in [0.15, 0.2) is 11.6 Å². The van der Waals surface area contributed by atoms with E-state index in [-0.39, 0.29) is 24.4 Å². The Morgan fingerprint density at radius 1 is 1.47 bits per heavy atom. The number of nitro groups is 1. The Balaban J connectivity index is 1.98. The summed E-state index contributed by atoms with van der Waals surface area (Å²) in [6.07, 6.45) is 4.37. The van der Waals surface area contributed by atoms with Crippen molar-refractivity contribution in [1.82, 2.24) is 0 Å². The van der Waals surface area contributed by atoms with Crippen molar-refractivity contribution in [3.63, 3.8) is 0 Å². The van der Waals surface area contributed by atoms with Crippen LogP contribution in [-0.4, -0.2) is 30.0 Å². The van der Waals surface area contributed by atoms with Crippen molar-refractivity contribution in [2.75, 3.05) is 13.2 Å². The molecule has 108 valence electrons. The lowest BCUT2D eigenvalue weighted by molar-refractivity contribution is -0.593. The zero-order valence-electron chi connectivity index (χ0n) is 11.9. The molecule has 0 bridgehead atoms. The largest absolute Gasteiger partial charge is 0.345 e. The van der Waals surface area contributed by atoms with Gasteiger partial charge in [-0.05, 0) is 25.7 Å². The molecule has 0 spiro atoms. The minimum atomic E-state index is -1.06. The van der Waals surface area contributed by atoms with Gasteiger partial charge >= 0.3 is 0 Å². The zero-order chi connectivity index (χ0) is 14.0. The van der Waals surface area contributed by atoms with Gasteiger partial charge in [0.1, 0.15) is 13.2 Å². The first-order valence-electron chi connectivity index (χ1n) is 7.02. The van der Waals surface area contributed by atoms with Crippen molar-refractivity contribution in [2.24, 2.45) is 11.8 Å². The molecule has 2 aliphatic rings. The van der Waals surface area contributed by atoms with Gasteiger partial charge in [-0.1, -0.05) is 25.5 Å². The van der Waals surface area contributed by atoms with E-state index in [1.165, 1.54) is 5.57 Å². The van der Waals surface area contributed by atoms with Crippen LogP contribution in [-0.2, 0) is 9.47 Å². The van der Waals surface area contributed by atoms with Crippen molar-refractivity contribution >= 4 is 0 Å². The fraction of sp³-hybridized carbons (Fsp3) is 0.857. The highest BCUT2D eigenvalue weighted by molar-refractivity contribution is 5.05. The van der Waals surface area contributed by atoms with Crippen LogP contribution in [0.4, 0.5) is 0 Å². The predicted octanol–water partition coefficient (Wildman–Crippen LogP) is 2.78. The summed E-state index contributed by atoms with van der Waals surface area (Å²) >= 11 is 0. The molecule has 0 aromatic rings. The van der Waals surface area contributed by atoms with E-state index in [9.17, 15) is 10.1 Å². The molecule has 5 nitrogen and oxygen atoms in total. The highest BCUT2D eigenvalue weighted by Crippen LogP contribution is 2.36. The number of nitrogens with zero attached hydrogens (tertiary/aromatic N) is 1. The smallest absolute Gasteiger partial charge is 0.267 e. The quantitative estimate of drug-likeness (QED) is 0.449. The molecule has 1 saturated heterocycles. The van der Waals surface area contributed by atoms with Gasteiger partial charge in [-0.3, -0.25) is 10.1 Å². The van der Waals surface area contributed by atoms with Gasteiger partial charge in [-0.25, -0.2) is 0 Å². The van der Waals surface area contributed by atoms with Crippen molar-refractivity contribution in [2.45, 2.75) is 51.9 Å². The second kappa shape index (κ2) is 5.59. The fourth-order valence-electron chi connectivity index (χ4n) is 2.94. The molecule has 1 aliphatic heterocycles. The lowest BCUT2D eigenvalue weighted by Crippen LogP contribution is -2.54. The first kappa shape index (κ1) is 14.5. The second-order valence-electron chi connectivity index (χ2n) is 5.96. The standard InChI is InChI=1S/C14H23NO4/c1-4-14(15(16)17)8-18-13(19-9-14)12-6-5-10(2)7-11(12)3/h5,11-13H,4,6-9H2,1-3H3. The van der Waals surface area contributed by atoms with Gasteiger partial charge in [0.05, 0.1) is 0 Å². The van der Waals surface area contributed by atoms with Crippen molar-refractivity contribution in [3.05, 3.63) is 21.8 Å². The Labute approximate surface area is 114 Å². The average molecular weight is 269 g/mol. The van der Waals surface area contributed by atoms with Crippen molar-refractivity contribution in [1.29, 1.82) is 0 Å². The van der Waals surface area contributed by atoms with Gasteiger partial charge in [0.2, 0.25) is 0 Å². The van der Waals surface area contributed by atoms with Crippen molar-refractivity contribution in [3.8, 4) is 0 Å². The minimum Gasteiger partial charge on any atom is -0.345 e. The van der Waals surface area contributed by atoms with Crippen molar-refractivity contribution < 1.29 is 14.4 Å². The van der Waals surface area contributed by atoms with Crippen LogP contribution in [0.5, 0.6) is 0 Å². The average Bonchev–Trinajstić information content (AvgIpc) is 2.39. The molecule has 0 N–H and O–H groups in total. The molecular formula is C14H23NO4. The summed E-state index contributed by atoms with van der Waals surface area (Å²) in [5, 5.41) is 11.1. The number of allylic oxidation sites excluding steroid dienone is 2. The van der Waals surface area contributed by atoms with E-state index in [1.54, 1.807) is 0 Å². The molecule has 19 heavy (non-hydrogen) atoms. The molecule has 5 heteroatoms. The topological polar surface area (TPSA) is 61.6 Å². The molecule has 0 aromatic carbocycles. The van der Waals surface area contributed by atoms with Crippen LogP contribution in [0.1, 0.15) is 40.0 Å². The van der Waals surface area contributed by atoms with E-state index >= 15 is 0 Å². The number of hydrogen-bond donors (Lipinski definition) is 0. The first-order chi connectivity index (χ1) is 8.98. The molecule has 2 rings (SSSR count). The normalized spacial score (nSPS) is 39.7.